The van der Waals surface area contributed by atoms with Gasteiger partial charge < -0.3 is 91.2 Å². The standard InChI is InChI=1S/C32H83N17/c33-1-3-35-5-7-37-9-11-39-13-15-41-17-19-43-21-23-45-25-27-47-29-31-49-32-30-48-28-26-46-24-22-44-20-18-42-16-14-40-12-10-38-8-6-36-4-2-34/h35-49H,1-34H2. The highest BCUT2D eigenvalue weighted by Crippen LogP contribution is 1.68. The Hall–Kier alpha value is -0.680. The van der Waals surface area contributed by atoms with Gasteiger partial charge in [-0.3, -0.25) is 0 Å². The van der Waals surface area contributed by atoms with E-state index in [1.807, 2.05) is 0 Å². The van der Waals surface area contributed by atoms with Gasteiger partial charge in [0.2, 0.25) is 0 Å². The molecule has 0 aromatic carbocycles. The van der Waals surface area contributed by atoms with Crippen LogP contribution < -0.4 is 91.2 Å². The van der Waals surface area contributed by atoms with E-state index >= 15 is 0 Å². The van der Waals surface area contributed by atoms with Crippen molar-refractivity contribution in [2.75, 3.05) is 209 Å². The summed E-state index contributed by atoms with van der Waals surface area (Å²) in [5.41, 5.74) is 10.9. The molecular weight excluding hydrogens is 622 g/mol. The van der Waals surface area contributed by atoms with Gasteiger partial charge in [0.25, 0.3) is 0 Å². The van der Waals surface area contributed by atoms with Crippen molar-refractivity contribution in [3.05, 3.63) is 0 Å². The lowest BCUT2D eigenvalue weighted by molar-refractivity contribution is 0.538. The maximum atomic E-state index is 5.45. The molecule has 17 nitrogen and oxygen atoms in total. The van der Waals surface area contributed by atoms with Gasteiger partial charge in [-0.15, -0.1) is 0 Å². The van der Waals surface area contributed by atoms with Crippen LogP contribution in [0.3, 0.4) is 0 Å². The van der Waals surface area contributed by atoms with E-state index in [9.17, 15) is 0 Å². The van der Waals surface area contributed by atoms with E-state index in [1.54, 1.807) is 0 Å². The molecule has 0 saturated heterocycles. The summed E-state index contributed by atoms with van der Waals surface area (Å²) in [5, 5.41) is 51.6. The molecule has 17 heteroatoms. The van der Waals surface area contributed by atoms with Gasteiger partial charge in [-0.25, -0.2) is 0 Å². The highest BCUT2D eigenvalue weighted by molar-refractivity contribution is 4.62. The third-order valence-electron chi connectivity index (χ3n) is 7.34. The fraction of sp³-hybridized carbons (Fsp3) is 1.00. The molecule has 0 aliphatic carbocycles. The van der Waals surface area contributed by atoms with Crippen molar-refractivity contribution in [2.45, 2.75) is 0 Å². The van der Waals surface area contributed by atoms with Crippen molar-refractivity contribution < 1.29 is 0 Å². The Morgan fingerprint density at radius 1 is 0.143 bits per heavy atom. The molecule has 0 rings (SSSR count). The zero-order valence-corrected chi connectivity index (χ0v) is 31.3. The minimum absolute atomic E-state index is 0.698. The third kappa shape index (κ3) is 47.3. The Balaban J connectivity index is 3.04. The predicted octanol–water partition coefficient (Wildman–Crippen LogP) is -7.25. The summed E-state index contributed by atoms with van der Waals surface area (Å²) >= 11 is 0. The van der Waals surface area contributed by atoms with Crippen LogP contribution in [0.1, 0.15) is 0 Å². The van der Waals surface area contributed by atoms with Crippen LogP contribution in [0, 0.1) is 0 Å². The Morgan fingerprint density at radius 3 is 0.306 bits per heavy atom. The van der Waals surface area contributed by atoms with Crippen LogP contribution >= 0.6 is 0 Å². The molecule has 49 heavy (non-hydrogen) atoms. The van der Waals surface area contributed by atoms with Gasteiger partial charge in [-0.2, -0.15) is 0 Å². The summed E-state index contributed by atoms with van der Waals surface area (Å²) in [7, 11) is 0. The fourth-order valence-corrected chi connectivity index (χ4v) is 4.55. The van der Waals surface area contributed by atoms with E-state index in [0.29, 0.717) is 13.1 Å². The first-order valence-electron chi connectivity index (χ1n) is 19.4. The zero-order chi connectivity index (χ0) is 35.2. The van der Waals surface area contributed by atoms with Crippen LogP contribution in [-0.2, 0) is 0 Å². The third-order valence-corrected chi connectivity index (χ3v) is 7.34. The van der Waals surface area contributed by atoms with Gasteiger partial charge in [-0.1, -0.05) is 0 Å². The van der Waals surface area contributed by atoms with Crippen LogP contribution in [0.5, 0.6) is 0 Å². The van der Waals surface area contributed by atoms with Gasteiger partial charge in [0.05, 0.1) is 0 Å². The molecule has 0 atom stereocenters. The molecule has 0 amide bonds. The molecule has 0 bridgehead atoms. The first-order valence-corrected chi connectivity index (χ1v) is 19.4. The molecule has 19 N–H and O–H groups in total. The van der Waals surface area contributed by atoms with Crippen molar-refractivity contribution in [2.24, 2.45) is 11.5 Å². The molecule has 0 unspecified atom stereocenters. The minimum atomic E-state index is 0.698. The van der Waals surface area contributed by atoms with Gasteiger partial charge >= 0.3 is 0 Å². The Labute approximate surface area is 300 Å². The second-order valence-corrected chi connectivity index (χ2v) is 11.8. The second-order valence-electron chi connectivity index (χ2n) is 11.8. The van der Waals surface area contributed by atoms with Gasteiger partial charge in [-0.05, 0) is 0 Å². The number of hydrogen-bond acceptors (Lipinski definition) is 17. The van der Waals surface area contributed by atoms with Crippen molar-refractivity contribution in [3.8, 4) is 0 Å². The summed E-state index contributed by atoms with van der Waals surface area (Å²) in [6, 6.07) is 0. The van der Waals surface area contributed by atoms with E-state index in [0.717, 1.165) is 196 Å². The van der Waals surface area contributed by atoms with Crippen LogP contribution in [0.2, 0.25) is 0 Å². The maximum Gasteiger partial charge on any atom is 0.00772 e. The molecule has 0 fully saturated rings. The molecule has 0 spiro atoms. The first-order chi connectivity index (χ1) is 24.4. The van der Waals surface area contributed by atoms with Crippen molar-refractivity contribution in [1.82, 2.24) is 79.8 Å². The fourth-order valence-electron chi connectivity index (χ4n) is 4.55. The number of hydrogen-bond donors (Lipinski definition) is 17. The van der Waals surface area contributed by atoms with E-state index in [4.69, 9.17) is 11.5 Å². The van der Waals surface area contributed by atoms with Crippen molar-refractivity contribution in [3.63, 3.8) is 0 Å². The molecule has 0 aromatic rings. The van der Waals surface area contributed by atoms with Crippen molar-refractivity contribution in [1.29, 1.82) is 0 Å². The molecule has 296 valence electrons. The molecule has 0 aromatic heterocycles. The largest absolute Gasteiger partial charge is 0.329 e. The smallest absolute Gasteiger partial charge is 0.00772 e. The zero-order valence-electron chi connectivity index (χ0n) is 31.3. The average Bonchev–Trinajstić information content (AvgIpc) is 3.11. The molecule has 0 heterocycles. The van der Waals surface area contributed by atoms with Crippen LogP contribution in [0.25, 0.3) is 0 Å². The minimum Gasteiger partial charge on any atom is -0.329 e. The van der Waals surface area contributed by atoms with Crippen LogP contribution in [0.15, 0.2) is 0 Å². The quantitative estimate of drug-likeness (QED) is 0.0264. The lowest BCUT2D eigenvalue weighted by Crippen LogP contribution is -2.39. The Bertz CT molecular complexity index is 522. The monoisotopic (exact) mass is 706 g/mol. The average molecular weight is 706 g/mol. The van der Waals surface area contributed by atoms with E-state index in [1.165, 1.54) is 0 Å². The van der Waals surface area contributed by atoms with E-state index in [-0.39, 0.29) is 0 Å². The highest BCUT2D eigenvalue weighted by Gasteiger charge is 1.94. The molecule has 0 aliphatic rings. The second kappa shape index (κ2) is 47.3. The number of nitrogens with two attached hydrogens (primary N) is 2. The van der Waals surface area contributed by atoms with Gasteiger partial charge in [0, 0.05) is 209 Å². The van der Waals surface area contributed by atoms with Crippen LogP contribution in [-0.4, -0.2) is 209 Å². The normalized spacial score (nSPS) is 11.6. The highest BCUT2D eigenvalue weighted by atomic mass is 15.0. The molecule has 0 saturated carbocycles. The topological polar surface area (TPSA) is 232 Å². The van der Waals surface area contributed by atoms with Gasteiger partial charge in [0.1, 0.15) is 0 Å². The van der Waals surface area contributed by atoms with E-state index in [2.05, 4.69) is 79.8 Å². The molecule has 0 aliphatic heterocycles. The summed E-state index contributed by atoms with van der Waals surface area (Å²) in [4.78, 5) is 0. The summed E-state index contributed by atoms with van der Waals surface area (Å²) in [6.45, 7) is 31.0. The number of nitrogens with one attached hydrogen (secondary N) is 15. The summed E-state index contributed by atoms with van der Waals surface area (Å²) < 4.78 is 0. The maximum absolute atomic E-state index is 5.45. The Morgan fingerprint density at radius 2 is 0.224 bits per heavy atom. The lowest BCUT2D eigenvalue weighted by Gasteiger charge is -2.10. The SMILES string of the molecule is NCCNCCNCCNCCNCCNCCNCCNCCNCCNCCNCCNCCNCCNCCNCCNCCN. The van der Waals surface area contributed by atoms with Crippen LogP contribution in [0.4, 0.5) is 0 Å². The van der Waals surface area contributed by atoms with E-state index < -0.39 is 0 Å². The van der Waals surface area contributed by atoms with Gasteiger partial charge in [0.15, 0.2) is 0 Å². The molecular formula is C32H83N17. The first kappa shape index (κ1) is 48.3. The Kier molecular flexibility index (Phi) is 46.7. The number of rotatable bonds is 46. The summed E-state index contributed by atoms with van der Waals surface area (Å²) in [5.74, 6) is 0. The summed E-state index contributed by atoms with van der Waals surface area (Å²) in [6.07, 6.45) is 0. The lowest BCUT2D eigenvalue weighted by atomic mass is 10.5. The molecule has 0 radical (unpaired) electrons. The van der Waals surface area contributed by atoms with Crippen molar-refractivity contribution >= 4 is 0 Å². The predicted molar refractivity (Wildman–Crippen MR) is 211 cm³/mol.